The number of carbonyl (C=O) groups is 1. The Hall–Kier alpha value is -3.48. The first-order valence-electron chi connectivity index (χ1n) is 7.49. The number of hydrogen-bond acceptors (Lipinski definition) is 6. The largest absolute Gasteiger partial charge is 0.460 e. The van der Waals surface area contributed by atoms with Crippen LogP contribution in [0.3, 0.4) is 0 Å². The number of non-ortho nitro benzene ring substituents is 1. The summed E-state index contributed by atoms with van der Waals surface area (Å²) >= 11 is 0. The van der Waals surface area contributed by atoms with Crippen molar-refractivity contribution in [3.63, 3.8) is 0 Å². The molecule has 0 saturated heterocycles. The van der Waals surface area contributed by atoms with Crippen LogP contribution >= 0.6 is 0 Å². The third-order valence-corrected chi connectivity index (χ3v) is 3.62. The predicted molar refractivity (Wildman–Crippen MR) is 90.5 cm³/mol. The summed E-state index contributed by atoms with van der Waals surface area (Å²) in [5, 5.41) is 11.0. The fourth-order valence-electron chi connectivity index (χ4n) is 2.41. The van der Waals surface area contributed by atoms with E-state index in [-0.39, 0.29) is 29.1 Å². The Morgan fingerprint density at radius 3 is 2.44 bits per heavy atom. The van der Waals surface area contributed by atoms with Gasteiger partial charge in [-0.05, 0) is 42.3 Å². The summed E-state index contributed by atoms with van der Waals surface area (Å²) in [6, 6.07) is 12.0. The Kier molecular flexibility index (Phi) is 4.30. The van der Waals surface area contributed by atoms with Crippen molar-refractivity contribution in [2.45, 2.75) is 6.92 Å². The maximum Gasteiger partial charge on any atom is 0.374 e. The van der Waals surface area contributed by atoms with Crippen molar-refractivity contribution in [2.24, 2.45) is 0 Å². The zero-order valence-corrected chi connectivity index (χ0v) is 13.2. The SMILES string of the molecule is CCOC(=O)c1cc(=O)c2cc(-c3ccc([N+](=O)[O-])cc3)ccc2o1. The molecule has 25 heavy (non-hydrogen) atoms. The van der Waals surface area contributed by atoms with Crippen molar-refractivity contribution >= 4 is 22.6 Å². The molecule has 7 heteroatoms. The minimum atomic E-state index is -0.694. The fourth-order valence-corrected chi connectivity index (χ4v) is 2.41. The summed E-state index contributed by atoms with van der Waals surface area (Å²) in [6.07, 6.45) is 0. The molecule has 0 aliphatic heterocycles. The van der Waals surface area contributed by atoms with E-state index in [4.69, 9.17) is 9.15 Å². The number of nitrogens with zero attached hydrogens (tertiary/aromatic N) is 1. The molecule has 0 amide bonds. The number of carbonyl (C=O) groups excluding carboxylic acids is 1. The fraction of sp³-hybridized carbons (Fsp3) is 0.111. The van der Waals surface area contributed by atoms with E-state index in [1.807, 2.05) is 0 Å². The first-order chi connectivity index (χ1) is 12.0. The molecule has 1 heterocycles. The number of hydrogen-bond donors (Lipinski definition) is 0. The number of ether oxygens (including phenoxy) is 1. The number of esters is 1. The molecule has 7 nitrogen and oxygen atoms in total. The average Bonchev–Trinajstić information content (AvgIpc) is 2.61. The van der Waals surface area contributed by atoms with E-state index >= 15 is 0 Å². The lowest BCUT2D eigenvalue weighted by atomic mass is 10.0. The number of nitro benzene ring substituents is 1. The Morgan fingerprint density at radius 2 is 1.80 bits per heavy atom. The lowest BCUT2D eigenvalue weighted by Crippen LogP contribution is -2.10. The zero-order chi connectivity index (χ0) is 18.0. The van der Waals surface area contributed by atoms with Crippen LogP contribution in [0.2, 0.25) is 0 Å². The Morgan fingerprint density at radius 1 is 1.12 bits per heavy atom. The Labute approximate surface area is 141 Å². The van der Waals surface area contributed by atoms with Gasteiger partial charge in [-0.15, -0.1) is 0 Å². The van der Waals surface area contributed by atoms with Gasteiger partial charge >= 0.3 is 5.97 Å². The van der Waals surface area contributed by atoms with Crippen molar-refractivity contribution in [1.29, 1.82) is 0 Å². The summed E-state index contributed by atoms with van der Waals surface area (Å²) in [5.41, 5.74) is 1.32. The number of fused-ring (bicyclic) bond motifs is 1. The molecule has 3 rings (SSSR count). The molecule has 1 aromatic heterocycles. The monoisotopic (exact) mass is 339 g/mol. The quantitative estimate of drug-likeness (QED) is 0.409. The topological polar surface area (TPSA) is 99.7 Å². The molecule has 0 bridgehead atoms. The number of nitro groups is 1. The first kappa shape index (κ1) is 16.4. The van der Waals surface area contributed by atoms with E-state index in [9.17, 15) is 19.7 Å². The van der Waals surface area contributed by atoms with E-state index < -0.39 is 10.9 Å². The average molecular weight is 339 g/mol. The van der Waals surface area contributed by atoms with Gasteiger partial charge in [-0.25, -0.2) is 4.79 Å². The second-order valence-electron chi connectivity index (χ2n) is 5.21. The van der Waals surface area contributed by atoms with E-state index in [1.54, 1.807) is 37.3 Å². The smallest absolute Gasteiger partial charge is 0.374 e. The molecule has 126 valence electrons. The van der Waals surface area contributed by atoms with Crippen LogP contribution in [0, 0.1) is 10.1 Å². The highest BCUT2D eigenvalue weighted by molar-refractivity contribution is 5.90. The van der Waals surface area contributed by atoms with Crippen molar-refractivity contribution in [3.8, 4) is 11.1 Å². The van der Waals surface area contributed by atoms with Gasteiger partial charge in [-0.2, -0.15) is 0 Å². The summed E-state index contributed by atoms with van der Waals surface area (Å²) in [7, 11) is 0. The third kappa shape index (κ3) is 3.25. The van der Waals surface area contributed by atoms with Gasteiger partial charge in [0.1, 0.15) is 5.58 Å². The highest BCUT2D eigenvalue weighted by atomic mass is 16.6. The molecular weight excluding hydrogens is 326 g/mol. The lowest BCUT2D eigenvalue weighted by Gasteiger charge is -2.05. The Balaban J connectivity index is 2.04. The second-order valence-corrected chi connectivity index (χ2v) is 5.21. The van der Waals surface area contributed by atoms with Gasteiger partial charge in [-0.1, -0.05) is 6.07 Å². The van der Waals surface area contributed by atoms with Crippen LogP contribution in [0.15, 0.2) is 57.7 Å². The zero-order valence-electron chi connectivity index (χ0n) is 13.2. The molecule has 0 aliphatic carbocycles. The van der Waals surface area contributed by atoms with Gasteiger partial charge in [0.05, 0.1) is 16.9 Å². The maximum atomic E-state index is 12.3. The van der Waals surface area contributed by atoms with Crippen molar-refractivity contribution in [1.82, 2.24) is 0 Å². The summed E-state index contributed by atoms with van der Waals surface area (Å²) < 4.78 is 10.3. The highest BCUT2D eigenvalue weighted by Crippen LogP contribution is 2.25. The summed E-state index contributed by atoms with van der Waals surface area (Å²) in [6.45, 7) is 1.84. The van der Waals surface area contributed by atoms with Gasteiger partial charge in [0, 0.05) is 18.2 Å². The third-order valence-electron chi connectivity index (χ3n) is 3.62. The standard InChI is InChI=1S/C18H13NO6/c1-2-24-18(21)17-10-15(20)14-9-12(5-8-16(14)25-17)11-3-6-13(7-4-11)19(22)23/h3-10H,2H2,1H3. The van der Waals surface area contributed by atoms with Crippen LogP contribution < -0.4 is 5.43 Å². The van der Waals surface area contributed by atoms with Gasteiger partial charge < -0.3 is 9.15 Å². The second kappa shape index (κ2) is 6.56. The minimum absolute atomic E-state index is 0.0110. The molecule has 0 fully saturated rings. The van der Waals surface area contributed by atoms with Crippen LogP contribution in [0.4, 0.5) is 5.69 Å². The maximum absolute atomic E-state index is 12.3. The molecule has 0 saturated carbocycles. The van der Waals surface area contributed by atoms with Gasteiger partial charge in [0.2, 0.25) is 5.76 Å². The highest BCUT2D eigenvalue weighted by Gasteiger charge is 2.14. The van der Waals surface area contributed by atoms with Crippen LogP contribution in [0.5, 0.6) is 0 Å². The van der Waals surface area contributed by atoms with E-state index in [0.717, 1.165) is 11.6 Å². The van der Waals surface area contributed by atoms with E-state index in [1.165, 1.54) is 12.1 Å². The van der Waals surface area contributed by atoms with Gasteiger partial charge in [0.25, 0.3) is 5.69 Å². The first-order valence-corrected chi connectivity index (χ1v) is 7.49. The molecule has 0 atom stereocenters. The van der Waals surface area contributed by atoms with Gasteiger partial charge in [0.15, 0.2) is 5.43 Å². The van der Waals surface area contributed by atoms with Crippen LogP contribution in [-0.2, 0) is 4.74 Å². The summed E-state index contributed by atoms with van der Waals surface area (Å²) in [4.78, 5) is 34.2. The predicted octanol–water partition coefficient (Wildman–Crippen LogP) is 3.54. The van der Waals surface area contributed by atoms with Crippen molar-refractivity contribution in [2.75, 3.05) is 6.61 Å². The van der Waals surface area contributed by atoms with E-state index in [2.05, 4.69) is 0 Å². The molecule has 0 radical (unpaired) electrons. The van der Waals surface area contributed by atoms with Crippen molar-refractivity contribution in [3.05, 3.63) is 74.6 Å². The van der Waals surface area contributed by atoms with Crippen molar-refractivity contribution < 1.29 is 18.9 Å². The molecule has 2 aromatic carbocycles. The van der Waals surface area contributed by atoms with Crippen LogP contribution in [0.25, 0.3) is 22.1 Å². The molecule has 0 unspecified atom stereocenters. The molecule has 0 N–H and O–H groups in total. The number of benzene rings is 2. The van der Waals surface area contributed by atoms with Crippen LogP contribution in [-0.4, -0.2) is 17.5 Å². The number of rotatable bonds is 4. The summed E-state index contributed by atoms with van der Waals surface area (Å²) in [5.74, 6) is -0.844. The lowest BCUT2D eigenvalue weighted by molar-refractivity contribution is -0.384. The molecular formula is C18H13NO6. The van der Waals surface area contributed by atoms with E-state index in [0.29, 0.717) is 10.9 Å². The Bertz CT molecular complexity index is 1020. The molecule has 0 aliphatic rings. The molecule has 0 spiro atoms. The molecule has 3 aromatic rings. The van der Waals surface area contributed by atoms with Gasteiger partial charge in [-0.3, -0.25) is 14.9 Å². The van der Waals surface area contributed by atoms with Crippen LogP contribution in [0.1, 0.15) is 17.5 Å². The minimum Gasteiger partial charge on any atom is -0.460 e. The normalized spacial score (nSPS) is 10.6.